The summed E-state index contributed by atoms with van der Waals surface area (Å²) < 4.78 is 2.83. The number of rotatable bonds is 3. The monoisotopic (exact) mass is 337 g/mol. The predicted octanol–water partition coefficient (Wildman–Crippen LogP) is 2.78. The van der Waals surface area contributed by atoms with Crippen LogP contribution in [-0.2, 0) is 13.0 Å². The molecule has 3 heterocycles. The van der Waals surface area contributed by atoms with E-state index in [1.165, 1.54) is 0 Å². The average molecular weight is 338 g/mol. The van der Waals surface area contributed by atoms with Gasteiger partial charge in [0.2, 0.25) is 5.95 Å². The number of aromatic nitrogens is 4. The first-order chi connectivity index (χ1) is 9.13. The van der Waals surface area contributed by atoms with Gasteiger partial charge < -0.3 is 5.73 Å². The standard InChI is InChI=1S/C12H12BrN5S/c1-7-6-19-10(16-7)2-3-18-11-9(17-12(18)14)4-8(13)5-15-11/h4-6H,2-3H2,1H3,(H2,14,17). The van der Waals surface area contributed by atoms with Gasteiger partial charge in [-0.25, -0.2) is 15.0 Å². The molecule has 0 aliphatic rings. The van der Waals surface area contributed by atoms with Gasteiger partial charge in [-0.1, -0.05) is 0 Å². The van der Waals surface area contributed by atoms with E-state index in [0.717, 1.165) is 39.3 Å². The molecule has 0 aliphatic heterocycles. The molecule has 0 unspecified atom stereocenters. The molecule has 0 aromatic carbocycles. The molecule has 0 saturated carbocycles. The first kappa shape index (κ1) is 12.6. The zero-order valence-electron chi connectivity index (χ0n) is 10.3. The third-order valence-electron chi connectivity index (χ3n) is 2.80. The molecule has 0 spiro atoms. The first-order valence-corrected chi connectivity index (χ1v) is 7.49. The van der Waals surface area contributed by atoms with Gasteiger partial charge in [-0.15, -0.1) is 11.3 Å². The molecule has 7 heteroatoms. The summed E-state index contributed by atoms with van der Waals surface area (Å²) in [5.74, 6) is 0.494. The van der Waals surface area contributed by atoms with E-state index in [1.54, 1.807) is 17.5 Å². The molecule has 3 aromatic rings. The fraction of sp³-hybridized carbons (Fsp3) is 0.250. The number of aryl methyl sites for hydroxylation is 3. The van der Waals surface area contributed by atoms with Crippen molar-refractivity contribution in [3.05, 3.63) is 32.8 Å². The summed E-state index contributed by atoms with van der Waals surface area (Å²) >= 11 is 5.06. The van der Waals surface area contributed by atoms with Crippen LogP contribution < -0.4 is 5.73 Å². The fourth-order valence-electron chi connectivity index (χ4n) is 1.95. The fourth-order valence-corrected chi connectivity index (χ4v) is 3.03. The van der Waals surface area contributed by atoms with Gasteiger partial charge in [-0.2, -0.15) is 0 Å². The second kappa shape index (κ2) is 4.90. The minimum Gasteiger partial charge on any atom is -0.369 e. The van der Waals surface area contributed by atoms with Crippen molar-refractivity contribution in [2.75, 3.05) is 5.73 Å². The molecule has 0 fully saturated rings. The molecule has 19 heavy (non-hydrogen) atoms. The van der Waals surface area contributed by atoms with E-state index >= 15 is 0 Å². The summed E-state index contributed by atoms with van der Waals surface area (Å²) in [7, 11) is 0. The van der Waals surface area contributed by atoms with Gasteiger partial charge in [-0.05, 0) is 28.9 Å². The summed E-state index contributed by atoms with van der Waals surface area (Å²) in [6.07, 6.45) is 2.60. The van der Waals surface area contributed by atoms with Gasteiger partial charge in [0.1, 0.15) is 5.52 Å². The lowest BCUT2D eigenvalue weighted by molar-refractivity contribution is 0.715. The smallest absolute Gasteiger partial charge is 0.202 e. The van der Waals surface area contributed by atoms with Gasteiger partial charge >= 0.3 is 0 Å². The zero-order chi connectivity index (χ0) is 13.4. The Morgan fingerprint density at radius 2 is 2.26 bits per heavy atom. The van der Waals surface area contributed by atoms with Crippen LogP contribution in [0.1, 0.15) is 10.7 Å². The van der Waals surface area contributed by atoms with Crippen LogP contribution in [0.2, 0.25) is 0 Å². The lowest BCUT2D eigenvalue weighted by Crippen LogP contribution is -2.06. The number of pyridine rings is 1. The third kappa shape index (κ3) is 2.48. The second-order valence-corrected chi connectivity index (χ2v) is 6.11. The summed E-state index contributed by atoms with van der Waals surface area (Å²) in [4.78, 5) is 13.1. The Labute approximate surface area is 122 Å². The molecule has 0 bridgehead atoms. The molecule has 0 aliphatic carbocycles. The normalized spacial score (nSPS) is 11.3. The number of nitrogen functional groups attached to an aromatic ring is 1. The Bertz CT molecular complexity index is 733. The Morgan fingerprint density at radius 1 is 1.42 bits per heavy atom. The highest BCUT2D eigenvalue weighted by molar-refractivity contribution is 9.10. The van der Waals surface area contributed by atoms with Crippen molar-refractivity contribution < 1.29 is 0 Å². The molecule has 0 atom stereocenters. The Morgan fingerprint density at radius 3 is 3.00 bits per heavy atom. The van der Waals surface area contributed by atoms with E-state index in [0.29, 0.717) is 5.95 Å². The van der Waals surface area contributed by atoms with Crippen LogP contribution in [0.15, 0.2) is 22.1 Å². The first-order valence-electron chi connectivity index (χ1n) is 5.82. The van der Waals surface area contributed by atoms with Crippen molar-refractivity contribution in [1.29, 1.82) is 0 Å². The molecular formula is C12H12BrN5S. The molecule has 0 radical (unpaired) electrons. The van der Waals surface area contributed by atoms with Crippen molar-refractivity contribution in [1.82, 2.24) is 19.5 Å². The highest BCUT2D eigenvalue weighted by Crippen LogP contribution is 2.20. The maximum Gasteiger partial charge on any atom is 0.202 e. The van der Waals surface area contributed by atoms with Crippen molar-refractivity contribution in [2.24, 2.45) is 0 Å². The summed E-state index contributed by atoms with van der Waals surface area (Å²) in [6, 6.07) is 1.92. The van der Waals surface area contributed by atoms with Crippen LogP contribution in [0.25, 0.3) is 11.2 Å². The number of anilines is 1. The summed E-state index contributed by atoms with van der Waals surface area (Å²) in [5.41, 5.74) is 8.63. The SMILES string of the molecule is Cc1csc(CCn2c(N)nc3cc(Br)cnc32)n1. The van der Waals surface area contributed by atoms with E-state index in [2.05, 4.69) is 36.3 Å². The third-order valence-corrected chi connectivity index (χ3v) is 4.26. The van der Waals surface area contributed by atoms with Crippen LogP contribution in [0, 0.1) is 6.92 Å². The number of thiazole rings is 1. The van der Waals surface area contributed by atoms with Crippen molar-refractivity contribution in [2.45, 2.75) is 19.9 Å². The zero-order valence-corrected chi connectivity index (χ0v) is 12.7. The minimum atomic E-state index is 0.494. The van der Waals surface area contributed by atoms with Crippen molar-refractivity contribution in [3.8, 4) is 0 Å². The molecule has 2 N–H and O–H groups in total. The van der Waals surface area contributed by atoms with Gasteiger partial charge in [-0.3, -0.25) is 4.57 Å². The number of halogens is 1. The van der Waals surface area contributed by atoms with Crippen molar-refractivity contribution in [3.63, 3.8) is 0 Å². The summed E-state index contributed by atoms with van der Waals surface area (Å²) in [5, 5.41) is 3.16. The number of nitrogens with zero attached hydrogens (tertiary/aromatic N) is 4. The van der Waals surface area contributed by atoms with E-state index in [9.17, 15) is 0 Å². The molecule has 0 amide bonds. The Kier molecular flexibility index (Phi) is 3.24. The van der Waals surface area contributed by atoms with Gasteiger partial charge in [0.25, 0.3) is 0 Å². The van der Waals surface area contributed by atoms with E-state index in [-0.39, 0.29) is 0 Å². The molecule has 5 nitrogen and oxygen atoms in total. The number of imidazole rings is 1. The van der Waals surface area contributed by atoms with E-state index in [4.69, 9.17) is 5.73 Å². The second-order valence-electron chi connectivity index (χ2n) is 4.25. The van der Waals surface area contributed by atoms with E-state index in [1.807, 2.05) is 17.6 Å². The summed E-state index contributed by atoms with van der Waals surface area (Å²) in [6.45, 7) is 2.74. The number of fused-ring (bicyclic) bond motifs is 1. The number of hydrogen-bond donors (Lipinski definition) is 1. The molecule has 3 aromatic heterocycles. The predicted molar refractivity (Wildman–Crippen MR) is 80.2 cm³/mol. The van der Waals surface area contributed by atoms with Crippen LogP contribution in [0.3, 0.4) is 0 Å². The molecular weight excluding hydrogens is 326 g/mol. The average Bonchev–Trinajstić information content (AvgIpc) is 2.89. The van der Waals surface area contributed by atoms with Crippen LogP contribution in [-0.4, -0.2) is 19.5 Å². The van der Waals surface area contributed by atoms with E-state index < -0.39 is 0 Å². The highest BCUT2D eigenvalue weighted by Gasteiger charge is 2.10. The molecule has 98 valence electrons. The number of nitrogens with two attached hydrogens (primary N) is 1. The highest BCUT2D eigenvalue weighted by atomic mass is 79.9. The van der Waals surface area contributed by atoms with Gasteiger partial charge in [0.05, 0.1) is 5.01 Å². The quantitative estimate of drug-likeness (QED) is 0.797. The Hall–Kier alpha value is -1.47. The minimum absolute atomic E-state index is 0.494. The number of hydrogen-bond acceptors (Lipinski definition) is 5. The largest absolute Gasteiger partial charge is 0.369 e. The van der Waals surface area contributed by atoms with Gasteiger partial charge in [0, 0.05) is 34.7 Å². The maximum atomic E-state index is 5.95. The topological polar surface area (TPSA) is 69.6 Å². The molecule has 0 saturated heterocycles. The lowest BCUT2D eigenvalue weighted by atomic mass is 10.4. The lowest BCUT2D eigenvalue weighted by Gasteiger charge is -2.03. The van der Waals surface area contributed by atoms with Crippen LogP contribution in [0.4, 0.5) is 5.95 Å². The molecule has 3 rings (SSSR count). The van der Waals surface area contributed by atoms with Gasteiger partial charge in [0.15, 0.2) is 5.65 Å². The Balaban J connectivity index is 1.90. The van der Waals surface area contributed by atoms with Crippen molar-refractivity contribution >= 4 is 44.4 Å². The van der Waals surface area contributed by atoms with Crippen LogP contribution >= 0.6 is 27.3 Å². The maximum absolute atomic E-state index is 5.95. The van der Waals surface area contributed by atoms with Crippen LogP contribution in [0.5, 0.6) is 0 Å².